The zero-order valence-electron chi connectivity index (χ0n) is 10.9. The highest BCUT2D eigenvalue weighted by Crippen LogP contribution is 2.10. The molecule has 3 N–H and O–H groups in total. The number of aromatic nitrogens is 1. The van der Waals surface area contributed by atoms with Crippen LogP contribution in [0.3, 0.4) is 0 Å². The number of benzene rings is 1. The number of carbonyl (C=O) groups is 2. The number of hydrogen-bond acceptors (Lipinski definition) is 5. The summed E-state index contributed by atoms with van der Waals surface area (Å²) < 4.78 is 4.88. The molecule has 6 nitrogen and oxygen atoms in total. The summed E-state index contributed by atoms with van der Waals surface area (Å²) in [5.41, 5.74) is 6.37. The van der Waals surface area contributed by atoms with Gasteiger partial charge in [-0.25, -0.2) is 9.78 Å². The van der Waals surface area contributed by atoms with Gasteiger partial charge in [-0.15, -0.1) is 0 Å². The van der Waals surface area contributed by atoms with Gasteiger partial charge in [-0.3, -0.25) is 4.79 Å². The predicted octanol–water partition coefficient (Wildman–Crippen LogP) is 2.11. The minimum Gasteiger partial charge on any atom is -0.452 e. The molecule has 0 bridgehead atoms. The first-order valence-electron chi connectivity index (χ1n) is 5.98. The Kier molecular flexibility index (Phi) is 4.73. The fourth-order valence-electron chi connectivity index (χ4n) is 1.46. The van der Waals surface area contributed by atoms with Gasteiger partial charge in [0.2, 0.25) is 0 Å². The Hall–Kier alpha value is -2.60. The molecule has 1 aromatic heterocycles. The zero-order chi connectivity index (χ0) is 15.2. The Morgan fingerprint density at radius 3 is 2.52 bits per heavy atom. The summed E-state index contributed by atoms with van der Waals surface area (Å²) in [6.45, 7) is -0.409. The molecule has 0 saturated carbocycles. The van der Waals surface area contributed by atoms with E-state index < -0.39 is 18.5 Å². The van der Waals surface area contributed by atoms with E-state index in [-0.39, 0.29) is 0 Å². The van der Waals surface area contributed by atoms with Gasteiger partial charge in [-0.2, -0.15) is 0 Å². The molecule has 0 aliphatic heterocycles. The maximum Gasteiger partial charge on any atom is 0.338 e. The van der Waals surface area contributed by atoms with Crippen molar-refractivity contribution >= 4 is 35.0 Å². The minimum absolute atomic E-state index is 0.321. The van der Waals surface area contributed by atoms with Crippen LogP contribution < -0.4 is 11.1 Å². The van der Waals surface area contributed by atoms with Crippen LogP contribution in [0.1, 0.15) is 10.4 Å². The molecule has 2 aromatic rings. The fourth-order valence-corrected chi connectivity index (χ4v) is 1.57. The molecule has 0 atom stereocenters. The summed E-state index contributed by atoms with van der Waals surface area (Å²) in [6, 6.07) is 9.34. The van der Waals surface area contributed by atoms with Crippen molar-refractivity contribution in [2.75, 3.05) is 17.7 Å². The largest absolute Gasteiger partial charge is 0.452 e. The number of carbonyl (C=O) groups excluding carboxylic acids is 2. The van der Waals surface area contributed by atoms with Crippen LogP contribution >= 0.6 is 11.6 Å². The Balaban J connectivity index is 1.84. The van der Waals surface area contributed by atoms with Crippen molar-refractivity contribution in [2.24, 2.45) is 0 Å². The highest BCUT2D eigenvalue weighted by Gasteiger charge is 2.10. The van der Waals surface area contributed by atoms with Gasteiger partial charge in [0.05, 0.1) is 10.6 Å². The highest BCUT2D eigenvalue weighted by molar-refractivity contribution is 6.30. The Morgan fingerprint density at radius 1 is 1.19 bits per heavy atom. The van der Waals surface area contributed by atoms with E-state index in [2.05, 4.69) is 10.3 Å². The number of hydrogen-bond donors (Lipinski definition) is 2. The lowest BCUT2D eigenvalue weighted by atomic mass is 10.2. The van der Waals surface area contributed by atoms with E-state index in [9.17, 15) is 9.59 Å². The van der Waals surface area contributed by atoms with Crippen LogP contribution in [0.25, 0.3) is 0 Å². The summed E-state index contributed by atoms with van der Waals surface area (Å²) in [6.07, 6.45) is 1.40. The summed E-state index contributed by atoms with van der Waals surface area (Å²) >= 11 is 5.68. The molecule has 108 valence electrons. The molecule has 7 heteroatoms. The third kappa shape index (κ3) is 4.47. The van der Waals surface area contributed by atoms with Gasteiger partial charge in [0.1, 0.15) is 5.82 Å². The normalized spacial score (nSPS) is 9.95. The molecule has 0 unspecified atom stereocenters. The van der Waals surface area contributed by atoms with Crippen LogP contribution in [0, 0.1) is 0 Å². The maximum atomic E-state index is 11.7. The lowest BCUT2D eigenvalue weighted by Gasteiger charge is -2.06. The molecule has 0 spiro atoms. The lowest BCUT2D eigenvalue weighted by Crippen LogP contribution is -2.21. The minimum atomic E-state index is -0.603. The molecule has 0 fully saturated rings. The SMILES string of the molecule is Nc1ccc(C(=O)OCC(=O)Nc2ccc(Cl)cn2)cc1. The number of nitrogens with one attached hydrogen (secondary N) is 1. The van der Waals surface area contributed by atoms with E-state index >= 15 is 0 Å². The van der Waals surface area contributed by atoms with E-state index in [4.69, 9.17) is 22.1 Å². The van der Waals surface area contributed by atoms with Crippen molar-refractivity contribution in [3.63, 3.8) is 0 Å². The van der Waals surface area contributed by atoms with E-state index in [0.29, 0.717) is 22.1 Å². The second-order valence-electron chi connectivity index (χ2n) is 4.11. The quantitative estimate of drug-likeness (QED) is 0.666. The molecule has 0 aliphatic carbocycles. The maximum absolute atomic E-state index is 11.7. The molecule has 21 heavy (non-hydrogen) atoms. The monoisotopic (exact) mass is 305 g/mol. The van der Waals surface area contributed by atoms with Gasteiger partial charge in [0, 0.05) is 11.9 Å². The van der Waals surface area contributed by atoms with Crippen molar-refractivity contribution in [3.05, 3.63) is 53.2 Å². The first-order valence-corrected chi connectivity index (χ1v) is 6.36. The molecular weight excluding hydrogens is 294 g/mol. The number of anilines is 2. The smallest absolute Gasteiger partial charge is 0.338 e. The second kappa shape index (κ2) is 6.71. The number of pyridine rings is 1. The Labute approximate surface area is 125 Å². The summed E-state index contributed by atoms with van der Waals surface area (Å²) in [5, 5.41) is 2.94. The molecule has 0 aliphatic rings. The molecule has 2 rings (SSSR count). The van der Waals surface area contributed by atoms with E-state index in [1.807, 2.05) is 0 Å². The zero-order valence-corrected chi connectivity index (χ0v) is 11.6. The van der Waals surface area contributed by atoms with Crippen molar-refractivity contribution in [3.8, 4) is 0 Å². The lowest BCUT2D eigenvalue weighted by molar-refractivity contribution is -0.119. The average molecular weight is 306 g/mol. The summed E-state index contributed by atoms with van der Waals surface area (Å²) in [4.78, 5) is 27.2. The fraction of sp³-hybridized carbons (Fsp3) is 0.0714. The number of halogens is 1. The molecule has 1 heterocycles. The molecular formula is C14H12ClN3O3. The van der Waals surface area contributed by atoms with E-state index in [0.717, 1.165) is 0 Å². The Bertz CT molecular complexity index is 642. The third-order valence-corrected chi connectivity index (χ3v) is 2.70. The van der Waals surface area contributed by atoms with Crippen molar-refractivity contribution in [2.45, 2.75) is 0 Å². The summed E-state index contributed by atoms with van der Waals surface area (Å²) in [5.74, 6) is -0.768. The van der Waals surface area contributed by atoms with Crippen molar-refractivity contribution in [1.29, 1.82) is 0 Å². The van der Waals surface area contributed by atoms with E-state index in [1.54, 1.807) is 24.3 Å². The van der Waals surface area contributed by atoms with Gasteiger partial charge in [-0.1, -0.05) is 11.6 Å². The van der Waals surface area contributed by atoms with Crippen LogP contribution in [0.2, 0.25) is 5.02 Å². The molecule has 0 saturated heterocycles. The first kappa shape index (κ1) is 14.8. The highest BCUT2D eigenvalue weighted by atomic mass is 35.5. The molecule has 0 radical (unpaired) electrons. The van der Waals surface area contributed by atoms with Gasteiger partial charge >= 0.3 is 5.97 Å². The van der Waals surface area contributed by atoms with Crippen molar-refractivity contribution in [1.82, 2.24) is 4.98 Å². The third-order valence-electron chi connectivity index (χ3n) is 2.48. The van der Waals surface area contributed by atoms with Crippen LogP contribution in [-0.2, 0) is 9.53 Å². The van der Waals surface area contributed by atoms with E-state index in [1.165, 1.54) is 18.3 Å². The van der Waals surface area contributed by atoms with Crippen LogP contribution in [0.4, 0.5) is 11.5 Å². The number of nitrogen functional groups attached to an aromatic ring is 1. The second-order valence-corrected chi connectivity index (χ2v) is 4.54. The number of nitrogens with zero attached hydrogens (tertiary/aromatic N) is 1. The summed E-state index contributed by atoms with van der Waals surface area (Å²) in [7, 11) is 0. The standard InChI is InChI=1S/C14H12ClN3O3/c15-10-3-6-12(17-7-10)18-13(19)8-21-14(20)9-1-4-11(16)5-2-9/h1-7H,8,16H2,(H,17,18,19). The van der Waals surface area contributed by atoms with Crippen molar-refractivity contribution < 1.29 is 14.3 Å². The number of esters is 1. The molecule has 1 aromatic carbocycles. The van der Waals surface area contributed by atoms with Crippen LogP contribution in [-0.4, -0.2) is 23.5 Å². The number of amides is 1. The van der Waals surface area contributed by atoms with Gasteiger partial charge < -0.3 is 15.8 Å². The average Bonchev–Trinajstić information content (AvgIpc) is 2.48. The van der Waals surface area contributed by atoms with Gasteiger partial charge in [0.15, 0.2) is 6.61 Å². The predicted molar refractivity (Wildman–Crippen MR) is 79.0 cm³/mol. The van der Waals surface area contributed by atoms with Crippen LogP contribution in [0.15, 0.2) is 42.6 Å². The first-order chi connectivity index (χ1) is 10.0. The number of nitrogens with two attached hydrogens (primary N) is 1. The van der Waals surface area contributed by atoms with Gasteiger partial charge in [0.25, 0.3) is 5.91 Å². The Morgan fingerprint density at radius 2 is 1.90 bits per heavy atom. The number of rotatable bonds is 4. The van der Waals surface area contributed by atoms with Gasteiger partial charge in [-0.05, 0) is 36.4 Å². The molecule has 1 amide bonds. The topological polar surface area (TPSA) is 94.3 Å². The van der Waals surface area contributed by atoms with Crippen LogP contribution in [0.5, 0.6) is 0 Å². The number of ether oxygens (including phenoxy) is 1.